The number of carbonyl (C=O) groups is 2. The second-order valence-electron chi connectivity index (χ2n) is 4.39. The van der Waals surface area contributed by atoms with Gasteiger partial charge >= 0.3 is 5.97 Å². The number of piperazine rings is 1. The van der Waals surface area contributed by atoms with Gasteiger partial charge in [0.05, 0.1) is 5.54 Å². The van der Waals surface area contributed by atoms with Crippen LogP contribution < -0.4 is 5.32 Å². The summed E-state index contributed by atoms with van der Waals surface area (Å²) in [6, 6.07) is 0. The average molecular weight is 247 g/mol. The van der Waals surface area contributed by atoms with Crippen molar-refractivity contribution in [1.82, 2.24) is 10.2 Å². The second kappa shape index (κ2) is 4.59. The van der Waals surface area contributed by atoms with Crippen molar-refractivity contribution >= 4 is 23.7 Å². The van der Waals surface area contributed by atoms with Gasteiger partial charge in [-0.25, -0.2) is 4.79 Å². The molecule has 0 unspecified atom stereocenters. The zero-order valence-corrected chi connectivity index (χ0v) is 9.76. The Balaban J connectivity index is 2.05. The van der Waals surface area contributed by atoms with Gasteiger partial charge < -0.3 is 14.5 Å². The van der Waals surface area contributed by atoms with E-state index in [1.165, 1.54) is 4.90 Å². The lowest BCUT2D eigenvalue weighted by Crippen LogP contribution is -2.63. The van der Waals surface area contributed by atoms with Crippen LogP contribution in [0.15, 0.2) is 0 Å². The predicted molar refractivity (Wildman–Crippen MR) is 57.7 cm³/mol. The largest absolute Gasteiger partial charge is 0.346 e. The summed E-state index contributed by atoms with van der Waals surface area (Å²) in [6.45, 7) is 1.21. The highest BCUT2D eigenvalue weighted by Gasteiger charge is 2.45. The molecule has 1 amide bonds. The molecule has 1 heterocycles. The van der Waals surface area contributed by atoms with Crippen molar-refractivity contribution < 1.29 is 13.9 Å². The Hall–Kier alpha value is -0.810. The standard InChI is InChI=1S/C10H15ClN2O3/c11-16-8(14)7-13-6-5-12-10(9(13)15)3-1-2-4-10/h12H,1-7H2. The summed E-state index contributed by atoms with van der Waals surface area (Å²) < 4.78 is 4.07. The van der Waals surface area contributed by atoms with Crippen LogP contribution in [0.5, 0.6) is 0 Å². The second-order valence-corrected chi connectivity index (χ2v) is 4.55. The number of rotatable bonds is 2. The minimum absolute atomic E-state index is 0.0123. The molecular weight excluding hydrogens is 232 g/mol. The van der Waals surface area contributed by atoms with E-state index in [-0.39, 0.29) is 12.5 Å². The zero-order valence-electron chi connectivity index (χ0n) is 9.00. The van der Waals surface area contributed by atoms with Crippen LogP contribution >= 0.6 is 11.9 Å². The Bertz CT molecular complexity index is 302. The van der Waals surface area contributed by atoms with E-state index in [4.69, 9.17) is 11.9 Å². The maximum Gasteiger partial charge on any atom is 0.343 e. The van der Waals surface area contributed by atoms with Gasteiger partial charge in [0, 0.05) is 13.1 Å². The highest BCUT2D eigenvalue weighted by atomic mass is 35.5. The highest BCUT2D eigenvalue weighted by molar-refractivity contribution is 6.13. The first-order chi connectivity index (χ1) is 7.68. The summed E-state index contributed by atoms with van der Waals surface area (Å²) in [5, 5.41) is 3.29. The molecule has 1 aliphatic heterocycles. The zero-order chi connectivity index (χ0) is 11.6. The van der Waals surface area contributed by atoms with Gasteiger partial charge in [-0.1, -0.05) is 12.8 Å². The Morgan fingerprint density at radius 3 is 2.81 bits per heavy atom. The van der Waals surface area contributed by atoms with Gasteiger partial charge in [0.15, 0.2) is 0 Å². The van der Waals surface area contributed by atoms with E-state index in [0.29, 0.717) is 6.54 Å². The lowest BCUT2D eigenvalue weighted by atomic mass is 9.93. The first kappa shape index (κ1) is 11.7. The van der Waals surface area contributed by atoms with E-state index in [2.05, 4.69) is 9.61 Å². The molecule has 0 aromatic rings. The summed E-state index contributed by atoms with van der Waals surface area (Å²) in [7, 11) is 0. The minimum Gasteiger partial charge on any atom is -0.346 e. The fourth-order valence-electron chi connectivity index (χ4n) is 2.61. The van der Waals surface area contributed by atoms with Crippen molar-refractivity contribution in [1.29, 1.82) is 0 Å². The fourth-order valence-corrected chi connectivity index (χ4v) is 2.66. The molecule has 0 atom stereocenters. The molecule has 0 aromatic heterocycles. The van der Waals surface area contributed by atoms with E-state index < -0.39 is 11.5 Å². The predicted octanol–water partition coefficient (Wildman–Crippen LogP) is 0.428. The van der Waals surface area contributed by atoms with Crippen LogP contribution in [-0.2, 0) is 13.9 Å². The summed E-state index contributed by atoms with van der Waals surface area (Å²) in [5.74, 6) is -0.566. The molecule has 1 spiro atoms. The number of halogens is 1. The monoisotopic (exact) mass is 246 g/mol. The Morgan fingerprint density at radius 1 is 1.50 bits per heavy atom. The molecular formula is C10H15ClN2O3. The Kier molecular flexibility index (Phi) is 3.35. The van der Waals surface area contributed by atoms with E-state index >= 15 is 0 Å². The number of hydrogen-bond acceptors (Lipinski definition) is 4. The topological polar surface area (TPSA) is 58.6 Å². The lowest BCUT2D eigenvalue weighted by Gasteiger charge is -2.39. The van der Waals surface area contributed by atoms with Crippen molar-refractivity contribution in [3.05, 3.63) is 0 Å². The van der Waals surface area contributed by atoms with Crippen LogP contribution in [0, 0.1) is 0 Å². The van der Waals surface area contributed by atoms with Gasteiger partial charge in [-0.15, -0.1) is 0 Å². The van der Waals surface area contributed by atoms with Gasteiger partial charge in [0.2, 0.25) is 5.91 Å². The van der Waals surface area contributed by atoms with E-state index in [0.717, 1.165) is 32.2 Å². The molecule has 0 radical (unpaired) electrons. The molecule has 2 aliphatic rings. The molecule has 2 rings (SSSR count). The SMILES string of the molecule is O=C(CN1CCNC2(CCCC2)C1=O)OCl. The van der Waals surface area contributed by atoms with Gasteiger partial charge in [-0.2, -0.15) is 0 Å². The van der Waals surface area contributed by atoms with E-state index in [9.17, 15) is 9.59 Å². The quantitative estimate of drug-likeness (QED) is 0.768. The fraction of sp³-hybridized carbons (Fsp3) is 0.800. The molecule has 0 aromatic carbocycles. The van der Waals surface area contributed by atoms with Crippen molar-refractivity contribution in [2.24, 2.45) is 0 Å². The van der Waals surface area contributed by atoms with Crippen LogP contribution in [0.2, 0.25) is 0 Å². The normalized spacial score (nSPS) is 23.8. The van der Waals surface area contributed by atoms with Crippen LogP contribution in [0.1, 0.15) is 25.7 Å². The molecule has 1 N–H and O–H groups in total. The van der Waals surface area contributed by atoms with Crippen molar-refractivity contribution in [2.75, 3.05) is 19.6 Å². The number of carbonyl (C=O) groups excluding carboxylic acids is 2. The maximum absolute atomic E-state index is 12.2. The van der Waals surface area contributed by atoms with E-state index in [1.807, 2.05) is 0 Å². The molecule has 5 nitrogen and oxygen atoms in total. The molecule has 1 saturated carbocycles. The highest BCUT2D eigenvalue weighted by Crippen LogP contribution is 2.32. The van der Waals surface area contributed by atoms with Crippen molar-refractivity contribution in [3.63, 3.8) is 0 Å². The van der Waals surface area contributed by atoms with Gasteiger partial charge in [-0.05, 0) is 12.8 Å². The van der Waals surface area contributed by atoms with Crippen LogP contribution in [0.3, 0.4) is 0 Å². The Labute approximate surface area is 99.2 Å². The van der Waals surface area contributed by atoms with Crippen LogP contribution in [0.4, 0.5) is 0 Å². The number of amides is 1. The lowest BCUT2D eigenvalue weighted by molar-refractivity contribution is -0.148. The van der Waals surface area contributed by atoms with Gasteiger partial charge in [0.1, 0.15) is 18.4 Å². The minimum atomic E-state index is -0.579. The summed E-state index contributed by atoms with van der Waals surface area (Å²) in [5.41, 5.74) is -0.426. The van der Waals surface area contributed by atoms with E-state index in [1.54, 1.807) is 0 Å². The third kappa shape index (κ3) is 2.01. The number of hydrogen-bond donors (Lipinski definition) is 1. The van der Waals surface area contributed by atoms with Crippen LogP contribution in [0.25, 0.3) is 0 Å². The molecule has 1 aliphatic carbocycles. The summed E-state index contributed by atoms with van der Waals surface area (Å²) in [6.07, 6.45) is 3.84. The number of nitrogens with one attached hydrogen (secondary N) is 1. The molecule has 0 bridgehead atoms. The Morgan fingerprint density at radius 2 is 2.19 bits per heavy atom. The first-order valence-corrected chi connectivity index (χ1v) is 5.85. The van der Waals surface area contributed by atoms with Crippen molar-refractivity contribution in [2.45, 2.75) is 31.2 Å². The molecule has 2 fully saturated rings. The number of nitrogens with zero attached hydrogens (tertiary/aromatic N) is 1. The molecule has 90 valence electrons. The van der Waals surface area contributed by atoms with Crippen LogP contribution in [-0.4, -0.2) is 41.9 Å². The summed E-state index contributed by atoms with van der Waals surface area (Å²) in [4.78, 5) is 24.8. The first-order valence-electron chi connectivity index (χ1n) is 5.54. The molecule has 1 saturated heterocycles. The molecule has 16 heavy (non-hydrogen) atoms. The smallest absolute Gasteiger partial charge is 0.343 e. The summed E-state index contributed by atoms with van der Waals surface area (Å²) >= 11 is 4.97. The van der Waals surface area contributed by atoms with Crippen molar-refractivity contribution in [3.8, 4) is 0 Å². The third-order valence-electron chi connectivity index (χ3n) is 3.40. The third-order valence-corrected chi connectivity index (χ3v) is 3.58. The average Bonchev–Trinajstić information content (AvgIpc) is 2.74. The maximum atomic E-state index is 12.2. The van der Waals surface area contributed by atoms with Gasteiger partial charge in [-0.3, -0.25) is 4.79 Å². The van der Waals surface area contributed by atoms with Gasteiger partial charge in [0.25, 0.3) is 0 Å². The molecule has 6 heteroatoms.